The van der Waals surface area contributed by atoms with E-state index in [1.165, 1.54) is 32.1 Å². The first kappa shape index (κ1) is 31.6. The standard InChI is InChI=1S/C35H54N2O2S/c1-23-20-30(3,4)15-17-35(23,37-40-26-11-12-26)18-16-31(5,6)34(10)14-13-27-32(7,8)29(39)25(22-36)21-33(27,9)28(34)19-24(2)38/h19,21,23,26-27,37H,11-18,20H2,1-10H3/b28-19-/t23?,27-,33-,34+,35-/m0/s1. The molecule has 0 bridgehead atoms. The number of nitriles is 1. The van der Waals surface area contributed by atoms with E-state index in [9.17, 15) is 14.9 Å². The monoisotopic (exact) mass is 566 g/mol. The van der Waals surface area contributed by atoms with Gasteiger partial charge >= 0.3 is 0 Å². The van der Waals surface area contributed by atoms with Crippen LogP contribution in [0.25, 0.3) is 0 Å². The first-order chi connectivity index (χ1) is 18.3. The summed E-state index contributed by atoms with van der Waals surface area (Å²) >= 11 is 1.99. The van der Waals surface area contributed by atoms with Gasteiger partial charge in [-0.2, -0.15) is 5.26 Å². The molecule has 0 aromatic rings. The van der Waals surface area contributed by atoms with Gasteiger partial charge in [0.25, 0.3) is 0 Å². The average Bonchev–Trinajstić information content (AvgIpc) is 3.67. The molecule has 40 heavy (non-hydrogen) atoms. The fourth-order valence-corrected chi connectivity index (χ4v) is 10.00. The quantitative estimate of drug-likeness (QED) is 0.235. The second-order valence-electron chi connectivity index (χ2n) is 16.3. The lowest BCUT2D eigenvalue weighted by atomic mass is 9.42. The molecule has 0 spiro atoms. The maximum atomic E-state index is 13.3. The number of ketones is 2. The van der Waals surface area contributed by atoms with Crippen LogP contribution in [0, 0.1) is 50.2 Å². The van der Waals surface area contributed by atoms with Crippen LogP contribution in [-0.2, 0) is 9.59 Å². The van der Waals surface area contributed by atoms with Crippen molar-refractivity contribution in [2.45, 2.75) is 138 Å². The Bertz CT molecular complexity index is 1150. The van der Waals surface area contributed by atoms with E-state index in [1.807, 2.05) is 37.9 Å². The molecular formula is C35H54N2O2S. The highest BCUT2D eigenvalue weighted by atomic mass is 32.2. The Labute approximate surface area is 248 Å². The zero-order chi connectivity index (χ0) is 29.9. The van der Waals surface area contributed by atoms with Crippen molar-refractivity contribution >= 4 is 23.5 Å². The van der Waals surface area contributed by atoms with Gasteiger partial charge < -0.3 is 0 Å². The molecule has 1 unspecified atom stereocenters. The summed E-state index contributed by atoms with van der Waals surface area (Å²) in [5.74, 6) is 0.640. The molecule has 0 heterocycles. The number of hydrogen-bond acceptors (Lipinski definition) is 5. The summed E-state index contributed by atoms with van der Waals surface area (Å²) in [7, 11) is 0. The number of Topliss-reactive ketones (excluding diaryl/α,β-unsaturated/α-hetero) is 1. The highest BCUT2D eigenvalue weighted by molar-refractivity contribution is 7.98. The van der Waals surface area contributed by atoms with Gasteiger partial charge in [-0.05, 0) is 98.9 Å². The third-order valence-electron chi connectivity index (χ3n) is 12.1. The maximum Gasteiger partial charge on any atom is 0.178 e. The Balaban J connectivity index is 1.70. The summed E-state index contributed by atoms with van der Waals surface area (Å²) in [5.41, 5.74) is 0.395. The van der Waals surface area contributed by atoms with E-state index in [-0.39, 0.29) is 39.4 Å². The minimum absolute atomic E-state index is 0.0441. The van der Waals surface area contributed by atoms with E-state index in [0.717, 1.165) is 36.5 Å². The van der Waals surface area contributed by atoms with Crippen molar-refractivity contribution in [3.63, 3.8) is 0 Å². The van der Waals surface area contributed by atoms with Crippen LogP contribution in [0.2, 0.25) is 0 Å². The number of nitrogens with zero attached hydrogens (tertiary/aromatic N) is 1. The van der Waals surface area contributed by atoms with Gasteiger partial charge in [0.15, 0.2) is 11.6 Å². The van der Waals surface area contributed by atoms with Gasteiger partial charge in [-0.15, -0.1) is 0 Å². The zero-order valence-electron chi connectivity index (χ0n) is 26.9. The Kier molecular flexibility index (Phi) is 8.21. The first-order valence-corrected chi connectivity index (χ1v) is 16.6. The molecular weight excluding hydrogens is 512 g/mol. The molecule has 0 saturated heterocycles. The molecule has 5 atom stereocenters. The Morgan fingerprint density at radius 2 is 1.77 bits per heavy atom. The normalized spacial score (nSPS) is 38.4. The third-order valence-corrected chi connectivity index (χ3v) is 13.5. The number of fused-ring (bicyclic) bond motifs is 1. The van der Waals surface area contributed by atoms with Crippen LogP contribution in [0.3, 0.4) is 0 Å². The number of rotatable bonds is 8. The maximum absolute atomic E-state index is 13.3. The summed E-state index contributed by atoms with van der Waals surface area (Å²) in [6.07, 6.45) is 14.1. The topological polar surface area (TPSA) is 70.0 Å². The van der Waals surface area contributed by atoms with E-state index < -0.39 is 10.8 Å². The summed E-state index contributed by atoms with van der Waals surface area (Å²) in [6.45, 7) is 22.3. The van der Waals surface area contributed by atoms with E-state index >= 15 is 0 Å². The number of allylic oxidation sites excluding steroid dienone is 4. The molecule has 3 saturated carbocycles. The lowest BCUT2D eigenvalue weighted by Gasteiger charge is -2.61. The van der Waals surface area contributed by atoms with E-state index in [2.05, 4.69) is 59.3 Å². The molecule has 0 aromatic heterocycles. The number of carbonyl (C=O) groups excluding carboxylic acids is 2. The minimum Gasteiger partial charge on any atom is -0.295 e. The Hall–Kier alpha value is -1.38. The van der Waals surface area contributed by atoms with Gasteiger partial charge in [0, 0.05) is 21.6 Å². The van der Waals surface area contributed by atoms with Gasteiger partial charge in [-0.1, -0.05) is 85.9 Å². The largest absolute Gasteiger partial charge is 0.295 e. The molecule has 0 radical (unpaired) electrons. The average molecular weight is 567 g/mol. The third kappa shape index (κ3) is 5.42. The second kappa shape index (κ2) is 10.4. The lowest BCUT2D eigenvalue weighted by molar-refractivity contribution is -0.131. The molecule has 0 aliphatic heterocycles. The van der Waals surface area contributed by atoms with Crippen LogP contribution in [-0.4, -0.2) is 22.4 Å². The lowest BCUT2D eigenvalue weighted by Crippen LogP contribution is -2.56. The van der Waals surface area contributed by atoms with E-state index in [0.29, 0.717) is 11.3 Å². The van der Waals surface area contributed by atoms with Crippen molar-refractivity contribution in [3.8, 4) is 6.07 Å². The smallest absolute Gasteiger partial charge is 0.178 e. The highest BCUT2D eigenvalue weighted by Gasteiger charge is 2.61. The van der Waals surface area contributed by atoms with Crippen molar-refractivity contribution in [2.75, 3.05) is 0 Å². The van der Waals surface area contributed by atoms with Gasteiger partial charge in [-0.25, -0.2) is 0 Å². The van der Waals surface area contributed by atoms with Gasteiger partial charge in [0.2, 0.25) is 0 Å². The van der Waals surface area contributed by atoms with E-state index in [4.69, 9.17) is 0 Å². The van der Waals surface area contributed by atoms with Crippen LogP contribution in [0.1, 0.15) is 127 Å². The van der Waals surface area contributed by atoms with Crippen LogP contribution in [0.15, 0.2) is 23.3 Å². The molecule has 4 aliphatic rings. The fourth-order valence-electron chi connectivity index (χ4n) is 8.82. The second-order valence-corrected chi connectivity index (χ2v) is 17.4. The minimum atomic E-state index is -0.645. The SMILES string of the molecule is CC(=O)/C=C1/[C@@]2(C)C=C(C#N)C(=O)C(C)(C)[C@@H]2CC[C@@]1(C)C(C)(C)CC[C@@]1(NSC2CC2)CCC(C)(C)CC1C. The predicted molar refractivity (Wildman–Crippen MR) is 166 cm³/mol. The summed E-state index contributed by atoms with van der Waals surface area (Å²) in [5, 5.41) is 10.7. The summed E-state index contributed by atoms with van der Waals surface area (Å²) in [6, 6.07) is 2.21. The Morgan fingerprint density at radius 1 is 1.12 bits per heavy atom. The highest BCUT2D eigenvalue weighted by Crippen LogP contribution is 2.67. The molecule has 4 rings (SSSR count). The molecule has 5 heteroatoms. The molecule has 0 aromatic carbocycles. The van der Waals surface area contributed by atoms with Crippen LogP contribution in [0.4, 0.5) is 0 Å². The fraction of sp³-hybridized carbons (Fsp3) is 0.800. The van der Waals surface area contributed by atoms with Crippen molar-refractivity contribution in [2.24, 2.45) is 38.9 Å². The van der Waals surface area contributed by atoms with Gasteiger partial charge in [0.05, 0.1) is 5.57 Å². The molecule has 1 N–H and O–H groups in total. The Morgan fingerprint density at radius 3 is 2.33 bits per heavy atom. The predicted octanol–water partition coefficient (Wildman–Crippen LogP) is 8.77. The van der Waals surface area contributed by atoms with Crippen LogP contribution >= 0.6 is 11.9 Å². The van der Waals surface area contributed by atoms with Crippen molar-refractivity contribution < 1.29 is 9.59 Å². The number of nitrogens with one attached hydrogen (secondary N) is 1. The summed E-state index contributed by atoms with van der Waals surface area (Å²) in [4.78, 5) is 26.1. The first-order valence-electron chi connectivity index (χ1n) is 15.7. The molecule has 3 fully saturated rings. The number of hydrogen-bond donors (Lipinski definition) is 1. The van der Waals surface area contributed by atoms with Crippen LogP contribution in [0.5, 0.6) is 0 Å². The molecule has 4 nitrogen and oxygen atoms in total. The zero-order valence-corrected chi connectivity index (χ0v) is 27.7. The molecule has 4 aliphatic carbocycles. The van der Waals surface area contributed by atoms with Gasteiger partial charge in [0.1, 0.15) is 6.07 Å². The summed E-state index contributed by atoms with van der Waals surface area (Å²) < 4.78 is 4.06. The van der Waals surface area contributed by atoms with Crippen molar-refractivity contribution in [1.29, 1.82) is 5.26 Å². The number of carbonyl (C=O) groups is 2. The van der Waals surface area contributed by atoms with Crippen molar-refractivity contribution in [3.05, 3.63) is 23.3 Å². The van der Waals surface area contributed by atoms with Gasteiger partial charge in [-0.3, -0.25) is 14.3 Å². The molecule has 222 valence electrons. The van der Waals surface area contributed by atoms with Crippen LogP contribution < -0.4 is 4.72 Å². The van der Waals surface area contributed by atoms with E-state index in [1.54, 1.807) is 6.92 Å². The molecule has 0 amide bonds. The van der Waals surface area contributed by atoms with Crippen molar-refractivity contribution in [1.82, 2.24) is 4.72 Å².